The maximum Gasteiger partial charge on any atom is 0.270 e. The normalized spacial score (nSPS) is 10.5. The second-order valence-electron chi connectivity index (χ2n) is 4.84. The molecular formula is C16H19BrN2O2. The van der Waals surface area contributed by atoms with E-state index in [-0.39, 0.29) is 5.91 Å². The number of rotatable bonds is 5. The molecule has 1 amide bonds. The molecule has 112 valence electrons. The van der Waals surface area contributed by atoms with Gasteiger partial charge in [-0.3, -0.25) is 4.79 Å². The van der Waals surface area contributed by atoms with E-state index in [2.05, 4.69) is 15.9 Å². The molecule has 21 heavy (non-hydrogen) atoms. The molecule has 2 aromatic rings. The van der Waals surface area contributed by atoms with Crippen LogP contribution in [0, 0.1) is 0 Å². The summed E-state index contributed by atoms with van der Waals surface area (Å²) in [5, 5.41) is 0. The second kappa shape index (κ2) is 6.80. The molecule has 1 aromatic carbocycles. The van der Waals surface area contributed by atoms with Crippen molar-refractivity contribution in [2.24, 2.45) is 0 Å². The van der Waals surface area contributed by atoms with Gasteiger partial charge in [0.2, 0.25) is 0 Å². The van der Waals surface area contributed by atoms with E-state index < -0.39 is 0 Å². The smallest absolute Gasteiger partial charge is 0.270 e. The lowest BCUT2D eigenvalue weighted by atomic mass is 10.2. The number of aromatic nitrogens is 1. The fourth-order valence-corrected chi connectivity index (χ4v) is 2.69. The van der Waals surface area contributed by atoms with Gasteiger partial charge < -0.3 is 14.2 Å². The minimum Gasteiger partial charge on any atom is -0.497 e. The lowest BCUT2D eigenvalue weighted by molar-refractivity contribution is 0.0774. The van der Waals surface area contributed by atoms with E-state index in [1.165, 1.54) is 0 Å². The van der Waals surface area contributed by atoms with E-state index in [4.69, 9.17) is 4.74 Å². The van der Waals surface area contributed by atoms with Crippen molar-refractivity contribution < 1.29 is 9.53 Å². The summed E-state index contributed by atoms with van der Waals surface area (Å²) in [4.78, 5) is 14.3. The Labute approximate surface area is 133 Å². The molecule has 0 saturated carbocycles. The van der Waals surface area contributed by atoms with Gasteiger partial charge in [-0.2, -0.15) is 0 Å². The van der Waals surface area contributed by atoms with E-state index in [1.54, 1.807) is 12.0 Å². The average molecular weight is 351 g/mol. The van der Waals surface area contributed by atoms with E-state index in [9.17, 15) is 4.79 Å². The number of carbonyl (C=O) groups excluding carboxylic acids is 1. The molecule has 0 fully saturated rings. The van der Waals surface area contributed by atoms with E-state index in [0.29, 0.717) is 12.2 Å². The van der Waals surface area contributed by atoms with Crippen LogP contribution in [0.25, 0.3) is 0 Å². The molecule has 0 saturated heterocycles. The zero-order valence-corrected chi connectivity index (χ0v) is 14.1. The third-order valence-electron chi connectivity index (χ3n) is 3.32. The predicted octanol–water partition coefficient (Wildman–Crippen LogP) is 3.55. The van der Waals surface area contributed by atoms with Gasteiger partial charge in [0.25, 0.3) is 5.91 Å². The van der Waals surface area contributed by atoms with Crippen molar-refractivity contribution in [3.8, 4) is 5.75 Å². The maximum absolute atomic E-state index is 12.5. The van der Waals surface area contributed by atoms with Gasteiger partial charge in [-0.1, -0.05) is 12.1 Å². The first-order valence-corrected chi connectivity index (χ1v) is 7.58. The Morgan fingerprint density at radius 1 is 1.38 bits per heavy atom. The number of hydrogen-bond donors (Lipinski definition) is 0. The molecule has 0 aliphatic carbocycles. The van der Waals surface area contributed by atoms with E-state index >= 15 is 0 Å². The zero-order chi connectivity index (χ0) is 15.4. The molecule has 4 nitrogen and oxygen atoms in total. The number of methoxy groups -OCH3 is 1. The van der Waals surface area contributed by atoms with Crippen molar-refractivity contribution in [2.45, 2.75) is 20.0 Å². The first-order chi connectivity index (χ1) is 10.0. The van der Waals surface area contributed by atoms with Crippen molar-refractivity contribution in [3.05, 3.63) is 52.3 Å². The fraction of sp³-hybridized carbons (Fsp3) is 0.312. The molecule has 0 bridgehead atoms. The molecule has 2 rings (SSSR count). The molecule has 1 heterocycles. The summed E-state index contributed by atoms with van der Waals surface area (Å²) in [5.74, 6) is 0.804. The number of ether oxygens (including phenoxy) is 1. The molecule has 0 atom stereocenters. The Balaban J connectivity index is 2.15. The lowest BCUT2D eigenvalue weighted by Crippen LogP contribution is -2.28. The highest BCUT2D eigenvalue weighted by Crippen LogP contribution is 2.18. The Bertz CT molecular complexity index is 637. The lowest BCUT2D eigenvalue weighted by Gasteiger charge is -2.18. The van der Waals surface area contributed by atoms with Gasteiger partial charge in [0, 0.05) is 30.8 Å². The van der Waals surface area contributed by atoms with Gasteiger partial charge in [-0.25, -0.2) is 0 Å². The number of benzene rings is 1. The summed E-state index contributed by atoms with van der Waals surface area (Å²) in [6.45, 7) is 3.33. The van der Waals surface area contributed by atoms with Gasteiger partial charge in [0.05, 0.1) is 7.11 Å². The molecular weight excluding hydrogens is 332 g/mol. The molecule has 5 heteroatoms. The number of aryl methyl sites for hydroxylation is 1. The van der Waals surface area contributed by atoms with Crippen molar-refractivity contribution >= 4 is 21.8 Å². The fourth-order valence-electron chi connectivity index (χ4n) is 2.23. The SMILES string of the molecule is CCn1cc(Br)cc1C(=O)N(C)Cc1cccc(OC)c1. The Kier molecular flexibility index (Phi) is 5.07. The molecule has 0 spiro atoms. The molecule has 0 N–H and O–H groups in total. The van der Waals surface area contributed by atoms with Crippen molar-refractivity contribution in [2.75, 3.05) is 14.2 Å². The van der Waals surface area contributed by atoms with Crippen molar-refractivity contribution in [1.82, 2.24) is 9.47 Å². The molecule has 0 unspecified atom stereocenters. The summed E-state index contributed by atoms with van der Waals surface area (Å²) in [7, 11) is 3.45. The largest absolute Gasteiger partial charge is 0.497 e. The van der Waals surface area contributed by atoms with Gasteiger partial charge in [0.1, 0.15) is 11.4 Å². The molecule has 1 aromatic heterocycles. The molecule has 0 aliphatic heterocycles. The minimum atomic E-state index is 0.00497. The number of carbonyl (C=O) groups is 1. The molecule has 0 aliphatic rings. The van der Waals surface area contributed by atoms with E-state index in [1.807, 2.05) is 55.1 Å². The van der Waals surface area contributed by atoms with Crippen LogP contribution in [0.15, 0.2) is 41.0 Å². The van der Waals surface area contributed by atoms with Crippen LogP contribution >= 0.6 is 15.9 Å². The van der Waals surface area contributed by atoms with Crippen LogP contribution in [0.4, 0.5) is 0 Å². The number of halogens is 1. The second-order valence-corrected chi connectivity index (χ2v) is 5.76. The topological polar surface area (TPSA) is 34.5 Å². The van der Waals surface area contributed by atoms with Gasteiger partial charge in [-0.15, -0.1) is 0 Å². The van der Waals surface area contributed by atoms with Crippen LogP contribution in [0.1, 0.15) is 23.0 Å². The molecule has 0 radical (unpaired) electrons. The Hall–Kier alpha value is -1.75. The monoisotopic (exact) mass is 350 g/mol. The van der Waals surface area contributed by atoms with Crippen molar-refractivity contribution in [1.29, 1.82) is 0 Å². The quantitative estimate of drug-likeness (QED) is 0.826. The number of nitrogens with zero attached hydrogens (tertiary/aromatic N) is 2. The van der Waals surface area contributed by atoms with Gasteiger partial charge >= 0.3 is 0 Å². The summed E-state index contributed by atoms with van der Waals surface area (Å²) in [5.41, 5.74) is 1.73. The third kappa shape index (κ3) is 3.67. The Morgan fingerprint density at radius 2 is 2.14 bits per heavy atom. The highest BCUT2D eigenvalue weighted by molar-refractivity contribution is 9.10. The summed E-state index contributed by atoms with van der Waals surface area (Å²) in [6, 6.07) is 9.61. The standard InChI is InChI=1S/C16H19BrN2O2/c1-4-19-11-13(17)9-15(19)16(20)18(2)10-12-6-5-7-14(8-12)21-3/h5-9,11H,4,10H2,1-3H3. The van der Waals surface area contributed by atoms with Crippen LogP contribution in [-0.2, 0) is 13.1 Å². The van der Waals surface area contributed by atoms with Crippen LogP contribution in [0.2, 0.25) is 0 Å². The number of amides is 1. The summed E-state index contributed by atoms with van der Waals surface area (Å²) in [6.07, 6.45) is 1.92. The maximum atomic E-state index is 12.5. The highest BCUT2D eigenvalue weighted by atomic mass is 79.9. The summed E-state index contributed by atoms with van der Waals surface area (Å²) >= 11 is 3.42. The third-order valence-corrected chi connectivity index (χ3v) is 3.76. The average Bonchev–Trinajstić information content (AvgIpc) is 2.87. The summed E-state index contributed by atoms with van der Waals surface area (Å²) < 4.78 is 8.07. The first-order valence-electron chi connectivity index (χ1n) is 6.79. The van der Waals surface area contributed by atoms with Crippen LogP contribution in [0.3, 0.4) is 0 Å². The van der Waals surface area contributed by atoms with Crippen LogP contribution in [-0.4, -0.2) is 29.5 Å². The van der Waals surface area contributed by atoms with Crippen LogP contribution in [0.5, 0.6) is 5.75 Å². The Morgan fingerprint density at radius 3 is 2.81 bits per heavy atom. The number of hydrogen-bond acceptors (Lipinski definition) is 2. The van der Waals surface area contributed by atoms with E-state index in [0.717, 1.165) is 22.3 Å². The zero-order valence-electron chi connectivity index (χ0n) is 12.5. The highest BCUT2D eigenvalue weighted by Gasteiger charge is 2.17. The predicted molar refractivity (Wildman–Crippen MR) is 86.6 cm³/mol. The minimum absolute atomic E-state index is 0.00497. The van der Waals surface area contributed by atoms with Crippen molar-refractivity contribution in [3.63, 3.8) is 0 Å². The van der Waals surface area contributed by atoms with Gasteiger partial charge in [0.15, 0.2) is 0 Å². The van der Waals surface area contributed by atoms with Crippen LogP contribution < -0.4 is 4.74 Å². The first kappa shape index (κ1) is 15.6. The van der Waals surface area contributed by atoms with Gasteiger partial charge in [-0.05, 0) is 46.6 Å².